The van der Waals surface area contributed by atoms with Gasteiger partial charge < -0.3 is 47.7 Å². The van der Waals surface area contributed by atoms with E-state index in [-0.39, 0.29) is 19.3 Å². The van der Waals surface area contributed by atoms with E-state index in [1.54, 1.807) is 18.3 Å². The molecule has 0 radical (unpaired) electrons. The highest BCUT2D eigenvalue weighted by atomic mass is 16.4. The molecule has 2 aromatic rings. The molecule has 4 amide bonds. The first-order valence-electron chi connectivity index (χ1n) is 11.9. The maximum absolute atomic E-state index is 12.9. The fourth-order valence-corrected chi connectivity index (χ4v) is 3.72. The quantitative estimate of drug-likeness (QED) is 0.125. The van der Waals surface area contributed by atoms with Crippen LogP contribution in [-0.2, 0) is 30.4 Å². The average molecular weight is 535 g/mol. The number of carboxylic acids is 1. The van der Waals surface area contributed by atoms with Crippen LogP contribution in [0.5, 0.6) is 0 Å². The van der Waals surface area contributed by atoms with Gasteiger partial charge in [0.1, 0.15) is 18.1 Å². The van der Waals surface area contributed by atoms with Crippen LogP contribution in [0.25, 0.3) is 10.9 Å². The predicted molar refractivity (Wildman–Crippen MR) is 135 cm³/mol. The van der Waals surface area contributed by atoms with Crippen molar-refractivity contribution in [2.45, 2.75) is 69.5 Å². The first-order chi connectivity index (χ1) is 17.8. The third-order valence-electron chi connectivity index (χ3n) is 5.88. The molecule has 6 atom stereocenters. The summed E-state index contributed by atoms with van der Waals surface area (Å²) in [6.45, 7) is 2.41. The molecule has 0 fully saturated rings. The van der Waals surface area contributed by atoms with Crippen LogP contribution in [0.4, 0.5) is 0 Å². The van der Waals surface area contributed by atoms with Crippen molar-refractivity contribution in [3.8, 4) is 0 Å². The van der Waals surface area contributed by atoms with Crippen LogP contribution in [-0.4, -0.2) is 86.3 Å². The molecule has 2 rings (SSSR count). The molecular formula is C24H34N6O8. The predicted octanol–water partition coefficient (Wildman–Crippen LogP) is -2.40. The summed E-state index contributed by atoms with van der Waals surface area (Å²) in [6, 6.07) is 1.43. The summed E-state index contributed by atoms with van der Waals surface area (Å²) in [7, 11) is 0. The Morgan fingerprint density at radius 3 is 2.03 bits per heavy atom. The van der Waals surface area contributed by atoms with Gasteiger partial charge in [-0.05, 0) is 31.9 Å². The zero-order chi connectivity index (χ0) is 28.6. The second-order valence-corrected chi connectivity index (χ2v) is 9.03. The molecule has 1 aromatic heterocycles. The number of aromatic amines is 1. The van der Waals surface area contributed by atoms with Gasteiger partial charge >= 0.3 is 5.97 Å². The summed E-state index contributed by atoms with van der Waals surface area (Å²) < 4.78 is 0. The lowest BCUT2D eigenvalue weighted by Gasteiger charge is -2.27. The Hall–Kier alpha value is -4.01. The minimum absolute atomic E-state index is 0.0822. The maximum atomic E-state index is 12.9. The molecular weight excluding hydrogens is 500 g/mol. The Morgan fingerprint density at radius 2 is 1.47 bits per heavy atom. The molecule has 0 aliphatic rings. The van der Waals surface area contributed by atoms with Gasteiger partial charge in [0, 0.05) is 29.9 Å². The van der Waals surface area contributed by atoms with Crippen LogP contribution in [0.15, 0.2) is 30.5 Å². The molecule has 38 heavy (non-hydrogen) atoms. The standard InChI is InChI=1S/C24H34N6O8/c1-11(31)19(30-23(36)20(12(2)32)29-21(34)15(25)7-8-18(26)33)22(35)28-17(24(37)38)9-13-10-27-16-6-4-3-5-14(13)16/h3-6,10-12,15,17,19-20,27,31-32H,7-9,25H2,1-2H3,(H2,26,33)(H,28,35)(H,29,34)(H,30,36)(H,37,38). The summed E-state index contributed by atoms with van der Waals surface area (Å²) >= 11 is 0. The molecule has 14 heteroatoms. The number of H-pyrrole nitrogens is 1. The van der Waals surface area contributed by atoms with Crippen molar-refractivity contribution in [2.75, 3.05) is 0 Å². The summed E-state index contributed by atoms with van der Waals surface area (Å²) in [5, 5.41) is 37.4. The second kappa shape index (κ2) is 13.5. The van der Waals surface area contributed by atoms with Crippen LogP contribution in [0.2, 0.25) is 0 Å². The topological polar surface area (TPSA) is 250 Å². The first-order valence-corrected chi connectivity index (χ1v) is 11.9. The lowest BCUT2D eigenvalue weighted by atomic mass is 10.0. The van der Waals surface area contributed by atoms with E-state index in [4.69, 9.17) is 11.5 Å². The summed E-state index contributed by atoms with van der Waals surface area (Å²) in [4.78, 5) is 63.9. The molecule has 11 N–H and O–H groups in total. The minimum atomic E-state index is -1.62. The molecule has 1 aromatic carbocycles. The number of carbonyl (C=O) groups excluding carboxylic acids is 4. The van der Waals surface area contributed by atoms with Gasteiger partial charge in [0.05, 0.1) is 18.2 Å². The van der Waals surface area contributed by atoms with Crippen LogP contribution >= 0.6 is 0 Å². The van der Waals surface area contributed by atoms with Gasteiger partial charge in [-0.25, -0.2) is 4.79 Å². The van der Waals surface area contributed by atoms with E-state index < -0.39 is 66.0 Å². The molecule has 6 unspecified atom stereocenters. The number of rotatable bonds is 14. The number of benzene rings is 1. The van der Waals surface area contributed by atoms with Crippen LogP contribution in [0.3, 0.4) is 0 Å². The number of hydrogen-bond acceptors (Lipinski definition) is 8. The number of amides is 4. The van der Waals surface area contributed by atoms with Crippen molar-refractivity contribution >= 4 is 40.5 Å². The van der Waals surface area contributed by atoms with E-state index in [1.165, 1.54) is 13.8 Å². The number of hydrogen-bond donors (Lipinski definition) is 9. The third kappa shape index (κ3) is 8.26. The fraction of sp³-hybridized carbons (Fsp3) is 0.458. The number of nitrogens with two attached hydrogens (primary N) is 2. The highest BCUT2D eigenvalue weighted by molar-refractivity contribution is 5.95. The summed E-state index contributed by atoms with van der Waals surface area (Å²) in [6.07, 6.45) is -1.63. The number of carboxylic acid groups (broad SMARTS) is 1. The molecule has 1 heterocycles. The second-order valence-electron chi connectivity index (χ2n) is 9.03. The molecule has 0 spiro atoms. The monoisotopic (exact) mass is 534 g/mol. The lowest BCUT2D eigenvalue weighted by Crippen LogP contribution is -2.62. The molecule has 0 aliphatic heterocycles. The van der Waals surface area contributed by atoms with Gasteiger partial charge in [-0.1, -0.05) is 18.2 Å². The van der Waals surface area contributed by atoms with Crippen LogP contribution in [0.1, 0.15) is 32.3 Å². The molecule has 0 saturated heterocycles. The Labute approximate surface area is 218 Å². The van der Waals surface area contributed by atoms with Crippen LogP contribution < -0.4 is 27.4 Å². The average Bonchev–Trinajstić information content (AvgIpc) is 3.25. The van der Waals surface area contributed by atoms with E-state index in [9.17, 15) is 39.3 Å². The summed E-state index contributed by atoms with van der Waals surface area (Å²) in [5.41, 5.74) is 12.1. The number of fused-ring (bicyclic) bond motifs is 1. The van der Waals surface area contributed by atoms with Crippen molar-refractivity contribution in [1.29, 1.82) is 0 Å². The SMILES string of the molecule is CC(O)C(NC(=O)C(N)CCC(N)=O)C(=O)NC(C(=O)NC(Cc1c[nH]c2ccccc12)C(=O)O)C(C)O. The fourth-order valence-electron chi connectivity index (χ4n) is 3.72. The number of para-hydroxylation sites is 1. The van der Waals surface area contributed by atoms with Crippen molar-refractivity contribution < 1.29 is 39.3 Å². The van der Waals surface area contributed by atoms with E-state index in [0.717, 1.165) is 10.9 Å². The third-order valence-corrected chi connectivity index (χ3v) is 5.88. The summed E-state index contributed by atoms with van der Waals surface area (Å²) in [5.74, 6) is -4.88. The van der Waals surface area contributed by atoms with Gasteiger partial charge in [0.25, 0.3) is 0 Å². The van der Waals surface area contributed by atoms with Crippen molar-refractivity contribution in [3.63, 3.8) is 0 Å². The van der Waals surface area contributed by atoms with E-state index in [1.807, 2.05) is 12.1 Å². The van der Waals surface area contributed by atoms with Crippen molar-refractivity contribution in [3.05, 3.63) is 36.0 Å². The molecule has 0 saturated carbocycles. The van der Waals surface area contributed by atoms with Gasteiger partial charge in [-0.15, -0.1) is 0 Å². The normalized spacial score (nSPS) is 15.9. The number of aliphatic hydroxyl groups is 2. The number of carbonyl (C=O) groups is 5. The number of nitrogens with one attached hydrogen (secondary N) is 4. The Balaban J connectivity index is 2.11. The van der Waals surface area contributed by atoms with Crippen molar-refractivity contribution in [2.24, 2.45) is 11.5 Å². The van der Waals surface area contributed by atoms with Gasteiger partial charge in [0.15, 0.2) is 0 Å². The highest BCUT2D eigenvalue weighted by Crippen LogP contribution is 2.19. The van der Waals surface area contributed by atoms with Crippen molar-refractivity contribution in [1.82, 2.24) is 20.9 Å². The molecule has 0 bridgehead atoms. The molecule has 0 aliphatic carbocycles. The van der Waals surface area contributed by atoms with E-state index in [2.05, 4.69) is 20.9 Å². The number of aromatic nitrogens is 1. The smallest absolute Gasteiger partial charge is 0.326 e. The van der Waals surface area contributed by atoms with E-state index in [0.29, 0.717) is 5.56 Å². The van der Waals surface area contributed by atoms with Crippen LogP contribution in [0, 0.1) is 0 Å². The largest absolute Gasteiger partial charge is 0.480 e. The Kier molecular flexibility index (Phi) is 10.7. The highest BCUT2D eigenvalue weighted by Gasteiger charge is 2.34. The minimum Gasteiger partial charge on any atom is -0.480 e. The lowest BCUT2D eigenvalue weighted by molar-refractivity contribution is -0.143. The van der Waals surface area contributed by atoms with Gasteiger partial charge in [0.2, 0.25) is 23.6 Å². The Bertz CT molecular complexity index is 1160. The van der Waals surface area contributed by atoms with E-state index >= 15 is 0 Å². The van der Waals surface area contributed by atoms with Gasteiger partial charge in [-0.3, -0.25) is 19.2 Å². The number of aliphatic hydroxyl groups excluding tert-OH is 2. The zero-order valence-electron chi connectivity index (χ0n) is 21.0. The first kappa shape index (κ1) is 30.2. The molecule has 14 nitrogen and oxygen atoms in total. The maximum Gasteiger partial charge on any atom is 0.326 e. The number of primary amides is 1. The molecule has 208 valence electrons. The zero-order valence-corrected chi connectivity index (χ0v) is 21.0. The Morgan fingerprint density at radius 1 is 0.921 bits per heavy atom. The van der Waals surface area contributed by atoms with Gasteiger partial charge in [-0.2, -0.15) is 0 Å². The number of aliphatic carboxylic acids is 1.